The number of hydrogen-bond acceptors (Lipinski definition) is 5. The van der Waals surface area contributed by atoms with Gasteiger partial charge >= 0.3 is 5.97 Å². The van der Waals surface area contributed by atoms with E-state index in [1.165, 1.54) is 7.11 Å². The molecule has 0 spiro atoms. The third-order valence-electron chi connectivity index (χ3n) is 6.33. The second-order valence-corrected chi connectivity index (χ2v) is 7.90. The van der Waals surface area contributed by atoms with Crippen LogP contribution in [0.4, 0.5) is 5.69 Å². The molecule has 1 aromatic carbocycles. The molecule has 2 fully saturated rings. The molecule has 6 nitrogen and oxygen atoms in total. The first-order chi connectivity index (χ1) is 13.5. The van der Waals surface area contributed by atoms with E-state index in [0.717, 1.165) is 57.3 Å². The Morgan fingerprint density at radius 2 is 1.61 bits per heavy atom. The number of piperidine rings is 1. The Bertz CT molecular complexity index is 724. The monoisotopic (exact) mass is 383 g/mol. The van der Waals surface area contributed by atoms with Crippen molar-refractivity contribution in [3.8, 4) is 6.07 Å². The van der Waals surface area contributed by atoms with Gasteiger partial charge in [0.1, 0.15) is 0 Å². The Labute approximate surface area is 167 Å². The summed E-state index contributed by atoms with van der Waals surface area (Å²) in [5.74, 6) is 0.0621. The van der Waals surface area contributed by atoms with E-state index in [2.05, 4.69) is 11.0 Å². The van der Waals surface area contributed by atoms with Gasteiger partial charge in [0.05, 0.1) is 24.7 Å². The number of anilines is 1. The first-order valence-corrected chi connectivity index (χ1v) is 10.1. The van der Waals surface area contributed by atoms with Crippen molar-refractivity contribution < 1.29 is 14.3 Å². The van der Waals surface area contributed by atoms with Crippen molar-refractivity contribution in [3.63, 3.8) is 0 Å². The topological polar surface area (TPSA) is 73.6 Å². The number of benzene rings is 1. The molecule has 3 rings (SSSR count). The predicted octanol–water partition coefficient (Wildman–Crippen LogP) is 2.96. The molecule has 1 amide bonds. The van der Waals surface area contributed by atoms with Crippen molar-refractivity contribution in [3.05, 3.63) is 29.8 Å². The number of methoxy groups -OCH3 is 1. The van der Waals surface area contributed by atoms with Crippen LogP contribution in [0.25, 0.3) is 0 Å². The summed E-state index contributed by atoms with van der Waals surface area (Å²) in [6, 6.07) is 10.1. The number of hydrogen-bond donors (Lipinski definition) is 0. The minimum Gasteiger partial charge on any atom is -0.469 e. The molecule has 1 saturated heterocycles. The molecule has 1 aliphatic carbocycles. The fourth-order valence-corrected chi connectivity index (χ4v) is 4.47. The fourth-order valence-electron chi connectivity index (χ4n) is 4.47. The Balaban J connectivity index is 1.49. The zero-order valence-corrected chi connectivity index (χ0v) is 16.8. The van der Waals surface area contributed by atoms with E-state index >= 15 is 0 Å². The highest BCUT2D eigenvalue weighted by Gasteiger charge is 2.34. The summed E-state index contributed by atoms with van der Waals surface area (Å²) in [4.78, 5) is 28.9. The van der Waals surface area contributed by atoms with Gasteiger partial charge in [0.15, 0.2) is 0 Å². The fraction of sp³-hybridized carbons (Fsp3) is 0.591. The zero-order valence-electron chi connectivity index (χ0n) is 16.8. The lowest BCUT2D eigenvalue weighted by atomic mass is 9.81. The molecule has 2 aliphatic rings. The van der Waals surface area contributed by atoms with Gasteiger partial charge in [0.25, 0.3) is 0 Å². The lowest BCUT2D eigenvalue weighted by Crippen LogP contribution is -2.47. The largest absolute Gasteiger partial charge is 0.469 e. The van der Waals surface area contributed by atoms with E-state index in [-0.39, 0.29) is 29.8 Å². The molecule has 0 atom stereocenters. The van der Waals surface area contributed by atoms with Crippen molar-refractivity contribution in [1.29, 1.82) is 5.26 Å². The van der Waals surface area contributed by atoms with Gasteiger partial charge in [0.2, 0.25) is 5.91 Å². The van der Waals surface area contributed by atoms with Gasteiger partial charge < -0.3 is 14.5 Å². The maximum Gasteiger partial charge on any atom is 0.308 e. The van der Waals surface area contributed by atoms with E-state index in [4.69, 9.17) is 10.00 Å². The average molecular weight is 383 g/mol. The lowest BCUT2D eigenvalue weighted by Gasteiger charge is -2.39. The predicted molar refractivity (Wildman–Crippen MR) is 107 cm³/mol. The standard InChI is InChI=1S/C22H29N3O3/c1-24(21(26)17-5-7-18(8-6-17)22(27)28-2)19-11-13-25(14-12-19)20-9-3-16(15-23)4-10-20/h3-4,9-10,17-19H,5-8,11-14H2,1-2H3. The van der Waals surface area contributed by atoms with Gasteiger partial charge in [0, 0.05) is 37.8 Å². The number of amides is 1. The van der Waals surface area contributed by atoms with Crippen LogP contribution in [0.1, 0.15) is 44.1 Å². The first-order valence-electron chi connectivity index (χ1n) is 10.1. The molecule has 0 bridgehead atoms. The van der Waals surface area contributed by atoms with Crippen LogP contribution in [0.15, 0.2) is 24.3 Å². The highest BCUT2D eigenvalue weighted by molar-refractivity contribution is 5.79. The molecule has 0 unspecified atom stereocenters. The van der Waals surface area contributed by atoms with E-state index in [1.807, 2.05) is 36.2 Å². The maximum absolute atomic E-state index is 12.9. The molecule has 1 saturated carbocycles. The SMILES string of the molecule is COC(=O)C1CCC(C(=O)N(C)C2CCN(c3ccc(C#N)cc3)CC2)CC1. The maximum atomic E-state index is 12.9. The number of esters is 1. The van der Waals surface area contributed by atoms with Crippen LogP contribution in [0.5, 0.6) is 0 Å². The number of nitrogens with zero attached hydrogens (tertiary/aromatic N) is 3. The molecular formula is C22H29N3O3. The molecule has 0 aromatic heterocycles. The zero-order chi connectivity index (χ0) is 20.1. The van der Waals surface area contributed by atoms with Gasteiger partial charge in [-0.25, -0.2) is 0 Å². The third-order valence-corrected chi connectivity index (χ3v) is 6.33. The molecule has 1 heterocycles. The van der Waals surface area contributed by atoms with Crippen molar-refractivity contribution in [2.24, 2.45) is 11.8 Å². The highest BCUT2D eigenvalue weighted by Crippen LogP contribution is 2.32. The summed E-state index contributed by atoms with van der Waals surface area (Å²) < 4.78 is 4.83. The quantitative estimate of drug-likeness (QED) is 0.748. The Hall–Kier alpha value is -2.55. The van der Waals surface area contributed by atoms with Crippen molar-refractivity contribution in [2.45, 2.75) is 44.6 Å². The summed E-state index contributed by atoms with van der Waals surface area (Å²) >= 11 is 0. The van der Waals surface area contributed by atoms with Gasteiger partial charge in [-0.1, -0.05) is 0 Å². The van der Waals surface area contributed by atoms with Crippen molar-refractivity contribution in [1.82, 2.24) is 4.90 Å². The summed E-state index contributed by atoms with van der Waals surface area (Å²) in [6.07, 6.45) is 4.92. The van der Waals surface area contributed by atoms with Gasteiger partial charge in [-0.15, -0.1) is 0 Å². The van der Waals surface area contributed by atoms with Gasteiger partial charge in [-0.05, 0) is 62.8 Å². The molecule has 0 N–H and O–H groups in total. The van der Waals surface area contributed by atoms with Crippen LogP contribution < -0.4 is 4.90 Å². The summed E-state index contributed by atoms with van der Waals surface area (Å²) in [7, 11) is 3.36. The second-order valence-electron chi connectivity index (χ2n) is 7.90. The minimum absolute atomic E-state index is 0.0301. The highest BCUT2D eigenvalue weighted by atomic mass is 16.5. The third kappa shape index (κ3) is 4.46. The van der Waals surface area contributed by atoms with Crippen LogP contribution in [0.3, 0.4) is 0 Å². The van der Waals surface area contributed by atoms with E-state index < -0.39 is 0 Å². The smallest absolute Gasteiger partial charge is 0.308 e. The van der Waals surface area contributed by atoms with Gasteiger partial charge in [-0.3, -0.25) is 9.59 Å². The van der Waals surface area contributed by atoms with Gasteiger partial charge in [-0.2, -0.15) is 5.26 Å². The molecular weight excluding hydrogens is 354 g/mol. The number of nitriles is 1. The molecule has 150 valence electrons. The number of carbonyl (C=O) groups is 2. The molecule has 0 radical (unpaired) electrons. The average Bonchev–Trinajstić information content (AvgIpc) is 2.78. The molecule has 1 aliphatic heterocycles. The summed E-state index contributed by atoms with van der Waals surface area (Å²) in [5.41, 5.74) is 1.80. The van der Waals surface area contributed by atoms with E-state index in [0.29, 0.717) is 5.56 Å². The van der Waals surface area contributed by atoms with Crippen molar-refractivity contribution in [2.75, 3.05) is 32.1 Å². The van der Waals surface area contributed by atoms with E-state index in [1.54, 1.807) is 0 Å². The Kier molecular flexibility index (Phi) is 6.56. The molecule has 28 heavy (non-hydrogen) atoms. The Morgan fingerprint density at radius 3 is 2.14 bits per heavy atom. The molecule has 1 aromatic rings. The molecule has 6 heteroatoms. The minimum atomic E-state index is -0.144. The van der Waals surface area contributed by atoms with E-state index in [9.17, 15) is 9.59 Å². The second kappa shape index (κ2) is 9.09. The number of carbonyl (C=O) groups excluding carboxylic acids is 2. The van der Waals surface area contributed by atoms with Crippen LogP contribution in [-0.2, 0) is 14.3 Å². The summed E-state index contributed by atoms with van der Waals surface area (Å²) in [6.45, 7) is 1.81. The normalized spacial score (nSPS) is 23.0. The number of rotatable bonds is 4. The van der Waals surface area contributed by atoms with Crippen LogP contribution in [0, 0.1) is 23.2 Å². The number of ether oxygens (including phenoxy) is 1. The first kappa shape index (κ1) is 20.2. The van der Waals surface area contributed by atoms with Crippen LogP contribution in [0.2, 0.25) is 0 Å². The van der Waals surface area contributed by atoms with Crippen LogP contribution >= 0.6 is 0 Å². The van der Waals surface area contributed by atoms with Crippen LogP contribution in [-0.4, -0.2) is 50.1 Å². The lowest BCUT2D eigenvalue weighted by molar-refractivity contribution is -0.148. The van der Waals surface area contributed by atoms with Crippen molar-refractivity contribution >= 4 is 17.6 Å². The Morgan fingerprint density at radius 1 is 1.04 bits per heavy atom. The summed E-state index contributed by atoms with van der Waals surface area (Å²) in [5, 5.41) is 8.92.